The monoisotopic (exact) mass is 291 g/mol. The molecule has 1 aromatic heterocycles. The molecule has 1 aliphatic heterocycles. The highest BCUT2D eigenvalue weighted by Gasteiger charge is 2.24. The normalized spacial score (nSPS) is 15.3. The van der Waals surface area contributed by atoms with Gasteiger partial charge in [-0.1, -0.05) is 12.1 Å². The lowest BCUT2D eigenvalue weighted by Gasteiger charge is -2.00. The third-order valence-corrected chi connectivity index (χ3v) is 3.85. The number of rotatable bonds is 1. The van der Waals surface area contributed by atoms with E-state index >= 15 is 0 Å². The Hall–Kier alpha value is -3.21. The Morgan fingerprint density at radius 3 is 2.91 bits per heavy atom. The minimum absolute atomic E-state index is 0.157. The van der Waals surface area contributed by atoms with Gasteiger partial charge < -0.3 is 21.1 Å². The van der Waals surface area contributed by atoms with E-state index in [1.54, 1.807) is 42.6 Å². The maximum absolute atomic E-state index is 12.2. The molecule has 1 aliphatic rings. The van der Waals surface area contributed by atoms with E-state index in [-0.39, 0.29) is 11.7 Å². The van der Waals surface area contributed by atoms with E-state index in [4.69, 9.17) is 5.73 Å². The highest BCUT2D eigenvalue weighted by Crippen LogP contribution is 2.36. The fraction of sp³-hybridized carbons (Fsp3) is 0. The summed E-state index contributed by atoms with van der Waals surface area (Å²) >= 11 is 0. The number of nitrogens with two attached hydrogens (primary N) is 1. The molecular formula is C17H13N3O2. The molecule has 22 heavy (non-hydrogen) atoms. The van der Waals surface area contributed by atoms with Gasteiger partial charge in [0.25, 0.3) is 5.91 Å². The first kappa shape index (κ1) is 12.5. The van der Waals surface area contributed by atoms with E-state index in [0.29, 0.717) is 16.8 Å². The molecule has 3 aromatic rings. The second-order valence-electron chi connectivity index (χ2n) is 5.26. The smallest absolute Gasteiger partial charge is 0.256 e. The number of fused-ring (bicyclic) bond motifs is 2. The summed E-state index contributed by atoms with van der Waals surface area (Å²) < 4.78 is 0. The number of carbonyl (C=O) groups is 1. The summed E-state index contributed by atoms with van der Waals surface area (Å²) in [6.07, 6.45) is 3.58. The number of para-hydroxylation sites is 1. The zero-order chi connectivity index (χ0) is 15.3. The van der Waals surface area contributed by atoms with E-state index in [1.165, 1.54) is 0 Å². The van der Waals surface area contributed by atoms with Gasteiger partial charge in [-0.25, -0.2) is 0 Å². The molecular weight excluding hydrogens is 278 g/mol. The van der Waals surface area contributed by atoms with Gasteiger partial charge in [-0.05, 0) is 30.3 Å². The van der Waals surface area contributed by atoms with Gasteiger partial charge in [0.1, 0.15) is 5.75 Å². The lowest BCUT2D eigenvalue weighted by atomic mass is 10.0. The molecule has 0 saturated carbocycles. The van der Waals surface area contributed by atoms with Crippen LogP contribution in [0, 0.1) is 0 Å². The van der Waals surface area contributed by atoms with Crippen LogP contribution in [0.15, 0.2) is 42.6 Å². The summed E-state index contributed by atoms with van der Waals surface area (Å²) in [6.45, 7) is 0. The fourth-order valence-electron chi connectivity index (χ4n) is 2.78. The van der Waals surface area contributed by atoms with Gasteiger partial charge in [-0.2, -0.15) is 0 Å². The molecule has 0 saturated heterocycles. The number of hydrogen-bond donors (Lipinski definition) is 4. The molecule has 5 nitrogen and oxygen atoms in total. The minimum Gasteiger partial charge on any atom is -0.506 e. The number of amides is 1. The Morgan fingerprint density at radius 2 is 2.05 bits per heavy atom. The van der Waals surface area contributed by atoms with Gasteiger partial charge in [0.15, 0.2) is 0 Å². The lowest BCUT2D eigenvalue weighted by Crippen LogP contribution is -2.03. The predicted molar refractivity (Wildman–Crippen MR) is 87.3 cm³/mol. The molecule has 0 radical (unpaired) electrons. The third kappa shape index (κ3) is 1.76. The topological polar surface area (TPSA) is 91.1 Å². The van der Waals surface area contributed by atoms with Crippen LogP contribution in [0.3, 0.4) is 0 Å². The SMILES string of the molecule is Nc1ccc2c(c1)C(=Cc1c[nH]c3c(O)cccc13)C(=O)N2. The van der Waals surface area contributed by atoms with Gasteiger partial charge in [0.05, 0.1) is 5.52 Å². The van der Waals surface area contributed by atoms with Crippen molar-refractivity contribution in [3.8, 4) is 5.75 Å². The molecule has 5 heteroatoms. The summed E-state index contributed by atoms with van der Waals surface area (Å²) in [7, 11) is 0. The third-order valence-electron chi connectivity index (χ3n) is 3.85. The Morgan fingerprint density at radius 1 is 1.18 bits per heavy atom. The first-order chi connectivity index (χ1) is 10.6. The minimum atomic E-state index is -0.157. The molecule has 0 unspecified atom stereocenters. The first-order valence-corrected chi connectivity index (χ1v) is 6.85. The van der Waals surface area contributed by atoms with E-state index in [2.05, 4.69) is 10.3 Å². The van der Waals surface area contributed by atoms with E-state index < -0.39 is 0 Å². The summed E-state index contributed by atoms with van der Waals surface area (Å²) in [5, 5.41) is 13.5. The average molecular weight is 291 g/mol. The number of phenolic OH excluding ortho intramolecular Hbond substituents is 1. The molecule has 2 heterocycles. The van der Waals surface area contributed by atoms with Crippen LogP contribution < -0.4 is 11.1 Å². The summed E-state index contributed by atoms with van der Waals surface area (Å²) in [6, 6.07) is 10.6. The molecule has 0 aliphatic carbocycles. The van der Waals surface area contributed by atoms with Gasteiger partial charge in [0, 0.05) is 39.7 Å². The number of nitrogens with one attached hydrogen (secondary N) is 2. The van der Waals surface area contributed by atoms with Crippen molar-refractivity contribution in [1.29, 1.82) is 0 Å². The average Bonchev–Trinajstić information content (AvgIpc) is 3.03. The van der Waals surface area contributed by atoms with Crippen molar-refractivity contribution in [1.82, 2.24) is 4.98 Å². The number of anilines is 2. The van der Waals surface area contributed by atoms with Crippen LogP contribution in [0.5, 0.6) is 5.75 Å². The highest BCUT2D eigenvalue weighted by molar-refractivity contribution is 6.35. The summed E-state index contributed by atoms with van der Waals surface area (Å²) in [4.78, 5) is 15.2. The quantitative estimate of drug-likeness (QED) is 0.410. The first-order valence-electron chi connectivity index (χ1n) is 6.85. The van der Waals surface area contributed by atoms with Gasteiger partial charge >= 0.3 is 0 Å². The van der Waals surface area contributed by atoms with Crippen molar-refractivity contribution >= 4 is 39.8 Å². The standard InChI is InChI=1S/C17H13N3O2/c18-10-4-5-14-12(7-10)13(17(22)20-14)6-9-8-19-16-11(9)2-1-3-15(16)21/h1-8,19,21H,18H2,(H,20,22). The zero-order valence-electron chi connectivity index (χ0n) is 11.6. The Balaban J connectivity index is 1.91. The van der Waals surface area contributed by atoms with Crippen LogP contribution >= 0.6 is 0 Å². The Labute approximate surface area is 126 Å². The molecule has 0 spiro atoms. The van der Waals surface area contributed by atoms with Gasteiger partial charge in [-0.3, -0.25) is 4.79 Å². The van der Waals surface area contributed by atoms with E-state index in [0.717, 1.165) is 22.2 Å². The van der Waals surface area contributed by atoms with Gasteiger partial charge in [-0.15, -0.1) is 0 Å². The molecule has 0 atom stereocenters. The molecule has 0 bridgehead atoms. The number of carbonyl (C=O) groups excluding carboxylic acids is 1. The van der Waals surface area contributed by atoms with Crippen LogP contribution in [-0.2, 0) is 4.79 Å². The number of H-pyrrole nitrogens is 1. The van der Waals surface area contributed by atoms with Crippen molar-refractivity contribution < 1.29 is 9.90 Å². The highest BCUT2D eigenvalue weighted by atomic mass is 16.3. The van der Waals surface area contributed by atoms with Crippen LogP contribution in [0.1, 0.15) is 11.1 Å². The number of benzene rings is 2. The van der Waals surface area contributed by atoms with Crippen molar-refractivity contribution in [2.24, 2.45) is 0 Å². The second kappa shape index (κ2) is 4.39. The largest absolute Gasteiger partial charge is 0.506 e. The number of nitrogen functional groups attached to an aromatic ring is 1. The zero-order valence-corrected chi connectivity index (χ0v) is 11.6. The molecule has 1 amide bonds. The molecule has 2 aromatic carbocycles. The molecule has 5 N–H and O–H groups in total. The van der Waals surface area contributed by atoms with Crippen molar-refractivity contribution in [3.05, 3.63) is 53.7 Å². The predicted octanol–water partition coefficient (Wildman–Crippen LogP) is 2.95. The van der Waals surface area contributed by atoms with E-state index in [1.807, 2.05) is 6.07 Å². The summed E-state index contributed by atoms with van der Waals surface area (Å²) in [5.74, 6) is 0.0257. The maximum Gasteiger partial charge on any atom is 0.256 e. The van der Waals surface area contributed by atoms with Crippen LogP contribution in [0.4, 0.5) is 11.4 Å². The number of hydrogen-bond acceptors (Lipinski definition) is 3. The Bertz CT molecular complexity index is 954. The van der Waals surface area contributed by atoms with E-state index in [9.17, 15) is 9.90 Å². The lowest BCUT2D eigenvalue weighted by molar-refractivity contribution is -0.110. The van der Waals surface area contributed by atoms with Crippen molar-refractivity contribution in [3.63, 3.8) is 0 Å². The van der Waals surface area contributed by atoms with Crippen molar-refractivity contribution in [2.75, 3.05) is 11.1 Å². The molecule has 108 valence electrons. The maximum atomic E-state index is 12.2. The summed E-state index contributed by atoms with van der Waals surface area (Å²) in [5.41, 5.74) is 10.0. The van der Waals surface area contributed by atoms with Gasteiger partial charge in [0.2, 0.25) is 0 Å². The fourth-order valence-corrected chi connectivity index (χ4v) is 2.78. The second-order valence-corrected chi connectivity index (χ2v) is 5.26. The van der Waals surface area contributed by atoms with Crippen molar-refractivity contribution in [2.45, 2.75) is 0 Å². The number of aromatic nitrogens is 1. The number of aromatic amines is 1. The van der Waals surface area contributed by atoms with Crippen LogP contribution in [0.25, 0.3) is 22.6 Å². The molecule has 0 fully saturated rings. The molecule has 4 rings (SSSR count). The number of aromatic hydroxyl groups is 1. The van der Waals surface area contributed by atoms with Crippen LogP contribution in [-0.4, -0.2) is 16.0 Å². The Kier molecular flexibility index (Phi) is 2.50. The number of phenols is 1. The van der Waals surface area contributed by atoms with Crippen LogP contribution in [0.2, 0.25) is 0 Å².